The average molecular weight is 410 g/mol. The molecule has 0 aromatic carbocycles. The van der Waals surface area contributed by atoms with Gasteiger partial charge < -0.3 is 9.30 Å². The summed E-state index contributed by atoms with van der Waals surface area (Å²) in [6.07, 6.45) is 3.51. The number of fused-ring (bicyclic) bond motifs is 1. The van der Waals surface area contributed by atoms with E-state index in [1.165, 1.54) is 6.04 Å². The normalized spacial score (nSPS) is 12.3. The van der Waals surface area contributed by atoms with Crippen LogP contribution in [0.15, 0.2) is 12.5 Å². The molecule has 0 amide bonds. The molecule has 7 heteroatoms. The maximum atomic E-state index is 6.04. The first-order valence-corrected chi connectivity index (χ1v) is 11.3. The lowest BCUT2D eigenvalue weighted by Gasteiger charge is -2.15. The van der Waals surface area contributed by atoms with E-state index < -0.39 is 8.07 Å². The quantitative estimate of drug-likeness (QED) is 0.324. The summed E-state index contributed by atoms with van der Waals surface area (Å²) in [5.74, 6) is 0. The number of rotatable bonds is 5. The number of pyridine rings is 1. The molecule has 2 rings (SSSR count). The first kappa shape index (κ1) is 15.2. The van der Waals surface area contributed by atoms with Crippen molar-refractivity contribution in [1.82, 2.24) is 14.5 Å². The molecule has 0 N–H and O–H groups in total. The van der Waals surface area contributed by atoms with Crippen LogP contribution in [-0.4, -0.2) is 29.2 Å². The molecular formula is C12H17ClIN3OSi. The van der Waals surface area contributed by atoms with Crippen LogP contribution in [-0.2, 0) is 11.5 Å². The highest BCUT2D eigenvalue weighted by Gasteiger charge is 2.13. The minimum atomic E-state index is -1.04. The smallest absolute Gasteiger partial charge is 0.156 e. The van der Waals surface area contributed by atoms with E-state index in [1.54, 1.807) is 12.5 Å². The highest BCUT2D eigenvalue weighted by Crippen LogP contribution is 2.24. The van der Waals surface area contributed by atoms with Crippen molar-refractivity contribution in [2.45, 2.75) is 32.4 Å². The van der Waals surface area contributed by atoms with Gasteiger partial charge in [0.15, 0.2) is 5.15 Å². The van der Waals surface area contributed by atoms with Gasteiger partial charge >= 0.3 is 0 Å². The third-order valence-electron chi connectivity index (χ3n) is 2.78. The number of nitrogens with zero attached hydrogens (tertiary/aromatic N) is 3. The van der Waals surface area contributed by atoms with E-state index in [0.29, 0.717) is 11.9 Å². The summed E-state index contributed by atoms with van der Waals surface area (Å²) in [5, 5.41) is 0.441. The summed E-state index contributed by atoms with van der Waals surface area (Å²) in [7, 11) is -1.04. The van der Waals surface area contributed by atoms with E-state index in [4.69, 9.17) is 16.3 Å². The Balaban J connectivity index is 2.08. The number of aromatic nitrogens is 3. The Morgan fingerprint density at radius 1 is 1.37 bits per heavy atom. The van der Waals surface area contributed by atoms with Crippen LogP contribution >= 0.6 is 34.2 Å². The Hall–Kier alpha value is -0.183. The molecular weight excluding hydrogens is 393 g/mol. The van der Waals surface area contributed by atoms with Crippen LogP contribution in [0, 0.1) is 3.57 Å². The third-order valence-corrected chi connectivity index (χ3v) is 5.55. The van der Waals surface area contributed by atoms with E-state index in [1.807, 2.05) is 4.57 Å². The lowest BCUT2D eigenvalue weighted by atomic mass is 10.4. The van der Waals surface area contributed by atoms with Gasteiger partial charge in [0, 0.05) is 20.9 Å². The van der Waals surface area contributed by atoms with Crippen molar-refractivity contribution in [3.63, 3.8) is 0 Å². The van der Waals surface area contributed by atoms with Crippen LogP contribution in [0.2, 0.25) is 30.8 Å². The fourth-order valence-electron chi connectivity index (χ4n) is 1.66. The van der Waals surface area contributed by atoms with E-state index in [-0.39, 0.29) is 0 Å². The van der Waals surface area contributed by atoms with Crippen molar-refractivity contribution in [3.8, 4) is 0 Å². The van der Waals surface area contributed by atoms with Crippen LogP contribution in [0.5, 0.6) is 0 Å². The van der Waals surface area contributed by atoms with Crippen molar-refractivity contribution >= 4 is 53.3 Å². The molecule has 0 unspecified atom stereocenters. The molecule has 0 radical (unpaired) electrons. The molecule has 2 aromatic heterocycles. The molecule has 0 fully saturated rings. The predicted octanol–water partition coefficient (Wildman–Crippen LogP) is 4.00. The second kappa shape index (κ2) is 6.07. The van der Waals surface area contributed by atoms with E-state index in [2.05, 4.69) is 52.2 Å². The number of hydrogen-bond donors (Lipinski definition) is 0. The summed E-state index contributed by atoms with van der Waals surface area (Å²) in [6.45, 7) is 8.34. The van der Waals surface area contributed by atoms with Crippen molar-refractivity contribution in [2.24, 2.45) is 0 Å². The molecule has 19 heavy (non-hydrogen) atoms. The first-order valence-electron chi connectivity index (χ1n) is 6.11. The zero-order chi connectivity index (χ0) is 14.0. The van der Waals surface area contributed by atoms with Crippen molar-refractivity contribution in [1.29, 1.82) is 0 Å². The first-order chi connectivity index (χ1) is 8.88. The minimum absolute atomic E-state index is 0.441. The molecule has 0 atom stereocenters. The Morgan fingerprint density at radius 2 is 2.11 bits per heavy atom. The molecule has 4 nitrogen and oxygen atoms in total. The van der Waals surface area contributed by atoms with Crippen molar-refractivity contribution in [2.75, 3.05) is 6.61 Å². The van der Waals surface area contributed by atoms with Crippen LogP contribution in [0.1, 0.15) is 0 Å². The lowest BCUT2D eigenvalue weighted by molar-refractivity contribution is 0.0898. The molecule has 104 valence electrons. The Kier molecular flexibility index (Phi) is 4.86. The second-order valence-corrected chi connectivity index (χ2v) is 12.8. The zero-order valence-corrected chi connectivity index (χ0v) is 15.2. The van der Waals surface area contributed by atoms with E-state index in [0.717, 1.165) is 21.2 Å². The maximum absolute atomic E-state index is 6.04. The number of hydrogen-bond acceptors (Lipinski definition) is 3. The fraction of sp³-hybridized carbons (Fsp3) is 0.500. The summed E-state index contributed by atoms with van der Waals surface area (Å²) >= 11 is 8.28. The fourth-order valence-corrected chi connectivity index (χ4v) is 3.31. The van der Waals surface area contributed by atoms with Gasteiger partial charge in [-0.3, -0.25) is 0 Å². The lowest BCUT2D eigenvalue weighted by Crippen LogP contribution is -2.22. The van der Waals surface area contributed by atoms with Crippen LogP contribution < -0.4 is 0 Å². The summed E-state index contributed by atoms with van der Waals surface area (Å²) in [6, 6.07) is 1.17. The molecule has 0 spiro atoms. The highest BCUT2D eigenvalue weighted by atomic mass is 127. The van der Waals surface area contributed by atoms with Gasteiger partial charge in [-0.2, -0.15) is 0 Å². The van der Waals surface area contributed by atoms with E-state index >= 15 is 0 Å². The highest BCUT2D eigenvalue weighted by molar-refractivity contribution is 14.1. The van der Waals surface area contributed by atoms with Gasteiger partial charge in [-0.05, 0) is 28.6 Å². The van der Waals surface area contributed by atoms with Gasteiger partial charge in [-0.1, -0.05) is 31.2 Å². The predicted molar refractivity (Wildman–Crippen MR) is 89.4 cm³/mol. The van der Waals surface area contributed by atoms with Crippen LogP contribution in [0.25, 0.3) is 11.0 Å². The topological polar surface area (TPSA) is 39.9 Å². The summed E-state index contributed by atoms with van der Waals surface area (Å²) in [4.78, 5) is 8.39. The Bertz CT molecular complexity index is 582. The van der Waals surface area contributed by atoms with Gasteiger partial charge in [0.05, 0.1) is 15.4 Å². The monoisotopic (exact) mass is 409 g/mol. The van der Waals surface area contributed by atoms with Crippen molar-refractivity contribution in [3.05, 3.63) is 21.2 Å². The third kappa shape index (κ3) is 3.90. The zero-order valence-electron chi connectivity index (χ0n) is 11.3. The second-order valence-electron chi connectivity index (χ2n) is 5.66. The molecule has 0 saturated heterocycles. The maximum Gasteiger partial charge on any atom is 0.156 e. The minimum Gasteiger partial charge on any atom is -0.361 e. The molecule has 0 aliphatic carbocycles. The molecule has 2 aromatic rings. The number of halogens is 2. The van der Waals surface area contributed by atoms with Gasteiger partial charge in [-0.25, -0.2) is 9.97 Å². The summed E-state index contributed by atoms with van der Waals surface area (Å²) < 4.78 is 8.76. The van der Waals surface area contributed by atoms with Gasteiger partial charge in [0.1, 0.15) is 12.2 Å². The largest absolute Gasteiger partial charge is 0.361 e. The average Bonchev–Trinajstić information content (AvgIpc) is 2.73. The van der Waals surface area contributed by atoms with Gasteiger partial charge in [0.2, 0.25) is 0 Å². The molecule has 0 aliphatic heterocycles. The Morgan fingerprint density at radius 3 is 2.79 bits per heavy atom. The Labute approximate surface area is 132 Å². The SMILES string of the molecule is C[Si](C)(C)CCOCn1cnc2c(Cl)ncc(I)c21. The van der Waals surface area contributed by atoms with E-state index in [9.17, 15) is 0 Å². The van der Waals surface area contributed by atoms with Crippen molar-refractivity contribution < 1.29 is 4.74 Å². The number of imidazole rings is 1. The van der Waals surface area contributed by atoms with Crippen LogP contribution in [0.3, 0.4) is 0 Å². The molecule has 0 bridgehead atoms. The summed E-state index contributed by atoms with van der Waals surface area (Å²) in [5.41, 5.74) is 1.73. The standard InChI is InChI=1S/C12H17ClIN3OSi/c1-19(2,3)5-4-18-8-17-7-16-10-11(17)9(14)6-15-12(10)13/h6-7H,4-5,8H2,1-3H3. The van der Waals surface area contributed by atoms with Gasteiger partial charge in [0.25, 0.3) is 0 Å². The van der Waals surface area contributed by atoms with Gasteiger partial charge in [-0.15, -0.1) is 0 Å². The molecule has 2 heterocycles. The van der Waals surface area contributed by atoms with Crippen LogP contribution in [0.4, 0.5) is 0 Å². The molecule has 0 aliphatic rings. The molecule has 0 saturated carbocycles. The number of ether oxygens (including phenoxy) is 1.